The number of hydrogen-bond donors (Lipinski definition) is 1. The number of carboxylic acids is 1. The lowest BCUT2D eigenvalue weighted by atomic mass is 10.2. The standard InChI is InChI=1S/C13H22N2O2S/c1-9(2)13-14-11(8-18-13)7-15(10(3)4)6-5-12(16)17/h8-10H,5-7H2,1-4H3,(H,16,17). The van der Waals surface area contributed by atoms with Gasteiger partial charge in [0.1, 0.15) is 0 Å². The Kier molecular flexibility index (Phi) is 5.75. The molecule has 0 aliphatic carbocycles. The summed E-state index contributed by atoms with van der Waals surface area (Å²) in [6.07, 6.45) is 0.180. The van der Waals surface area contributed by atoms with Crippen LogP contribution in [0.1, 0.15) is 50.7 Å². The Morgan fingerprint density at radius 3 is 2.56 bits per heavy atom. The molecule has 0 amide bonds. The Labute approximate surface area is 113 Å². The molecule has 1 aromatic rings. The SMILES string of the molecule is CC(C)c1nc(CN(CCC(=O)O)C(C)C)cs1. The molecule has 1 rings (SSSR count). The molecule has 0 radical (unpaired) electrons. The van der Waals surface area contributed by atoms with Crippen molar-refractivity contribution < 1.29 is 9.90 Å². The van der Waals surface area contributed by atoms with Crippen molar-refractivity contribution in [1.82, 2.24) is 9.88 Å². The predicted octanol–water partition coefficient (Wildman–Crippen LogP) is 2.95. The summed E-state index contributed by atoms with van der Waals surface area (Å²) in [7, 11) is 0. The van der Waals surface area contributed by atoms with E-state index in [1.54, 1.807) is 11.3 Å². The van der Waals surface area contributed by atoms with Gasteiger partial charge in [0.25, 0.3) is 0 Å². The van der Waals surface area contributed by atoms with E-state index in [4.69, 9.17) is 5.11 Å². The average Bonchev–Trinajstić information content (AvgIpc) is 2.71. The first-order valence-corrected chi connectivity index (χ1v) is 7.18. The van der Waals surface area contributed by atoms with Crippen LogP contribution in [-0.4, -0.2) is 33.5 Å². The van der Waals surface area contributed by atoms with Crippen molar-refractivity contribution in [2.24, 2.45) is 0 Å². The lowest BCUT2D eigenvalue weighted by Gasteiger charge is -2.24. The summed E-state index contributed by atoms with van der Waals surface area (Å²) in [6.45, 7) is 9.73. The summed E-state index contributed by atoms with van der Waals surface area (Å²) in [5.41, 5.74) is 1.04. The third kappa shape index (κ3) is 4.74. The molecule has 0 aromatic carbocycles. The first kappa shape index (κ1) is 15.1. The number of carboxylic acid groups (broad SMARTS) is 1. The first-order chi connectivity index (χ1) is 8.40. The second kappa shape index (κ2) is 6.85. The Morgan fingerprint density at radius 2 is 2.11 bits per heavy atom. The highest BCUT2D eigenvalue weighted by Crippen LogP contribution is 2.20. The summed E-state index contributed by atoms with van der Waals surface area (Å²) in [4.78, 5) is 17.4. The van der Waals surface area contributed by atoms with E-state index < -0.39 is 5.97 Å². The van der Waals surface area contributed by atoms with E-state index in [1.807, 2.05) is 0 Å². The summed E-state index contributed by atoms with van der Waals surface area (Å²) in [6, 6.07) is 0.327. The molecule has 0 spiro atoms. The third-order valence-corrected chi connectivity index (χ3v) is 3.97. The van der Waals surface area contributed by atoms with Crippen LogP contribution >= 0.6 is 11.3 Å². The minimum Gasteiger partial charge on any atom is -0.481 e. The molecule has 0 aliphatic heterocycles. The molecule has 1 heterocycles. The van der Waals surface area contributed by atoms with Gasteiger partial charge in [-0.25, -0.2) is 4.98 Å². The molecule has 0 fully saturated rings. The maximum atomic E-state index is 10.6. The number of aliphatic carboxylic acids is 1. The van der Waals surface area contributed by atoms with Gasteiger partial charge in [0.2, 0.25) is 0 Å². The second-order valence-corrected chi connectivity index (χ2v) is 5.93. The Hall–Kier alpha value is -0.940. The van der Waals surface area contributed by atoms with Crippen LogP contribution in [0.2, 0.25) is 0 Å². The summed E-state index contributed by atoms with van der Waals surface area (Å²) in [5.74, 6) is -0.294. The highest BCUT2D eigenvalue weighted by molar-refractivity contribution is 7.09. The van der Waals surface area contributed by atoms with Gasteiger partial charge in [-0.2, -0.15) is 0 Å². The Balaban J connectivity index is 2.61. The van der Waals surface area contributed by atoms with Crippen LogP contribution in [-0.2, 0) is 11.3 Å². The molecular weight excluding hydrogens is 248 g/mol. The highest BCUT2D eigenvalue weighted by Gasteiger charge is 2.14. The summed E-state index contributed by atoms with van der Waals surface area (Å²) >= 11 is 1.68. The molecule has 1 aromatic heterocycles. The number of carbonyl (C=O) groups is 1. The number of nitrogens with zero attached hydrogens (tertiary/aromatic N) is 2. The van der Waals surface area contributed by atoms with Crippen molar-refractivity contribution in [3.63, 3.8) is 0 Å². The molecule has 0 saturated heterocycles. The van der Waals surface area contributed by atoms with Gasteiger partial charge in [0.05, 0.1) is 17.1 Å². The molecule has 1 N–H and O–H groups in total. The maximum Gasteiger partial charge on any atom is 0.304 e. The molecule has 0 aliphatic rings. The Bertz CT molecular complexity index is 388. The number of thiazole rings is 1. The van der Waals surface area contributed by atoms with Crippen LogP contribution in [0.4, 0.5) is 0 Å². The number of rotatable bonds is 7. The van der Waals surface area contributed by atoms with E-state index >= 15 is 0 Å². The molecule has 0 bridgehead atoms. The van der Waals surface area contributed by atoms with E-state index in [2.05, 4.69) is 43.0 Å². The van der Waals surface area contributed by atoms with Gasteiger partial charge in [-0.1, -0.05) is 13.8 Å². The van der Waals surface area contributed by atoms with Crippen molar-refractivity contribution in [3.05, 3.63) is 16.1 Å². The lowest BCUT2D eigenvalue weighted by Crippen LogP contribution is -2.32. The van der Waals surface area contributed by atoms with Crippen molar-refractivity contribution >= 4 is 17.3 Å². The normalized spacial score (nSPS) is 11.7. The van der Waals surface area contributed by atoms with Gasteiger partial charge in [-0.3, -0.25) is 9.69 Å². The zero-order valence-electron chi connectivity index (χ0n) is 11.5. The van der Waals surface area contributed by atoms with Crippen LogP contribution < -0.4 is 0 Å². The second-order valence-electron chi connectivity index (χ2n) is 5.04. The van der Waals surface area contributed by atoms with Crippen molar-refractivity contribution in [2.45, 2.75) is 52.6 Å². The molecule has 102 valence electrons. The van der Waals surface area contributed by atoms with E-state index in [1.165, 1.54) is 0 Å². The van der Waals surface area contributed by atoms with Gasteiger partial charge >= 0.3 is 5.97 Å². The molecule has 18 heavy (non-hydrogen) atoms. The van der Waals surface area contributed by atoms with Crippen LogP contribution in [0, 0.1) is 0 Å². The minimum absolute atomic E-state index is 0.180. The van der Waals surface area contributed by atoms with Crippen LogP contribution in [0.3, 0.4) is 0 Å². The van der Waals surface area contributed by atoms with Gasteiger partial charge < -0.3 is 5.11 Å². The third-order valence-electron chi connectivity index (χ3n) is 2.77. The summed E-state index contributed by atoms with van der Waals surface area (Å²) < 4.78 is 0. The van der Waals surface area contributed by atoms with Gasteiger partial charge in [0, 0.05) is 30.4 Å². The van der Waals surface area contributed by atoms with Crippen molar-refractivity contribution in [3.8, 4) is 0 Å². The van der Waals surface area contributed by atoms with Crippen molar-refractivity contribution in [1.29, 1.82) is 0 Å². The van der Waals surface area contributed by atoms with Crippen LogP contribution in [0.25, 0.3) is 0 Å². The van der Waals surface area contributed by atoms with Crippen molar-refractivity contribution in [2.75, 3.05) is 6.54 Å². The van der Waals surface area contributed by atoms with Gasteiger partial charge in [0.15, 0.2) is 0 Å². The number of hydrogen-bond acceptors (Lipinski definition) is 4. The molecule has 0 atom stereocenters. The minimum atomic E-state index is -0.748. The first-order valence-electron chi connectivity index (χ1n) is 6.30. The zero-order valence-corrected chi connectivity index (χ0v) is 12.3. The predicted molar refractivity (Wildman–Crippen MR) is 74.0 cm³/mol. The molecule has 5 heteroatoms. The zero-order chi connectivity index (χ0) is 13.7. The Morgan fingerprint density at radius 1 is 1.44 bits per heavy atom. The smallest absolute Gasteiger partial charge is 0.304 e. The number of aromatic nitrogens is 1. The van der Waals surface area contributed by atoms with Crippen LogP contribution in [0.5, 0.6) is 0 Å². The fourth-order valence-electron chi connectivity index (χ4n) is 1.63. The molecule has 4 nitrogen and oxygen atoms in total. The fourth-order valence-corrected chi connectivity index (χ4v) is 2.45. The average molecular weight is 270 g/mol. The van der Waals surface area contributed by atoms with E-state index in [-0.39, 0.29) is 6.42 Å². The molecule has 0 saturated carbocycles. The largest absolute Gasteiger partial charge is 0.481 e. The van der Waals surface area contributed by atoms with E-state index in [9.17, 15) is 4.79 Å². The molecule has 0 unspecified atom stereocenters. The highest BCUT2D eigenvalue weighted by atomic mass is 32.1. The van der Waals surface area contributed by atoms with Crippen LogP contribution in [0.15, 0.2) is 5.38 Å². The fraction of sp³-hybridized carbons (Fsp3) is 0.692. The monoisotopic (exact) mass is 270 g/mol. The van der Waals surface area contributed by atoms with E-state index in [0.29, 0.717) is 18.5 Å². The van der Waals surface area contributed by atoms with E-state index in [0.717, 1.165) is 17.2 Å². The summed E-state index contributed by atoms with van der Waals surface area (Å²) in [5, 5.41) is 12.0. The quantitative estimate of drug-likeness (QED) is 0.827. The topological polar surface area (TPSA) is 53.4 Å². The maximum absolute atomic E-state index is 10.6. The lowest BCUT2D eigenvalue weighted by molar-refractivity contribution is -0.137. The van der Waals surface area contributed by atoms with Gasteiger partial charge in [-0.05, 0) is 13.8 Å². The molecular formula is C13H22N2O2S. The van der Waals surface area contributed by atoms with Gasteiger partial charge in [-0.15, -0.1) is 11.3 Å².